The summed E-state index contributed by atoms with van der Waals surface area (Å²) in [5.41, 5.74) is 3.30. The van der Waals surface area contributed by atoms with E-state index in [-0.39, 0.29) is 5.41 Å². The molecule has 2 aliphatic rings. The van der Waals surface area contributed by atoms with Gasteiger partial charge in [0.05, 0.1) is 0 Å². The Kier molecular flexibility index (Phi) is 4.26. The van der Waals surface area contributed by atoms with Gasteiger partial charge in [-0.1, -0.05) is 29.3 Å². The minimum Gasteiger partial charge on any atom is -0.300 e. The second kappa shape index (κ2) is 6.00. The third-order valence-corrected chi connectivity index (χ3v) is 6.68. The molecule has 1 aromatic carbocycles. The van der Waals surface area contributed by atoms with Crippen molar-refractivity contribution >= 4 is 17.5 Å². The molecule has 0 aliphatic heterocycles. The highest BCUT2D eigenvalue weighted by molar-refractivity contribution is 7.99. The Morgan fingerprint density at radius 2 is 1.90 bits per heavy atom. The normalized spacial score (nSPS) is 29.4. The lowest BCUT2D eigenvalue weighted by Crippen LogP contribution is -2.42. The van der Waals surface area contributed by atoms with Gasteiger partial charge in [-0.25, -0.2) is 0 Å². The topological polar surface area (TPSA) is 17.1 Å². The van der Waals surface area contributed by atoms with Crippen LogP contribution in [0.25, 0.3) is 0 Å². The van der Waals surface area contributed by atoms with E-state index in [1.54, 1.807) is 5.57 Å². The molecule has 21 heavy (non-hydrogen) atoms. The molecule has 2 heteroatoms. The summed E-state index contributed by atoms with van der Waals surface area (Å²) in [7, 11) is 0. The van der Waals surface area contributed by atoms with Crippen molar-refractivity contribution in [2.24, 2.45) is 11.3 Å². The maximum Gasteiger partial charge on any atom is 0.133 e. The number of hydrogen-bond donors (Lipinski definition) is 0. The average molecular weight is 300 g/mol. The van der Waals surface area contributed by atoms with Gasteiger partial charge in [0.15, 0.2) is 0 Å². The van der Waals surface area contributed by atoms with E-state index in [0.29, 0.717) is 11.7 Å². The van der Waals surface area contributed by atoms with Gasteiger partial charge in [0.25, 0.3) is 0 Å². The van der Waals surface area contributed by atoms with E-state index >= 15 is 0 Å². The molecule has 112 valence electrons. The number of ketones is 1. The van der Waals surface area contributed by atoms with E-state index in [2.05, 4.69) is 44.2 Å². The van der Waals surface area contributed by atoms with Gasteiger partial charge < -0.3 is 0 Å². The Morgan fingerprint density at radius 1 is 1.14 bits per heavy atom. The summed E-state index contributed by atoms with van der Waals surface area (Å²) in [4.78, 5) is 13.4. The summed E-state index contributed by atoms with van der Waals surface area (Å²) in [6.07, 6.45) is 5.01. The van der Waals surface area contributed by atoms with Crippen LogP contribution in [0.2, 0.25) is 0 Å². The van der Waals surface area contributed by atoms with Crippen molar-refractivity contribution in [2.45, 2.75) is 50.8 Å². The first-order valence-corrected chi connectivity index (χ1v) is 8.92. The van der Waals surface area contributed by atoms with E-state index in [1.807, 2.05) is 11.8 Å². The second-order valence-electron chi connectivity index (χ2n) is 6.86. The molecule has 0 spiro atoms. The summed E-state index contributed by atoms with van der Waals surface area (Å²) in [6.45, 7) is 4.54. The number of benzene rings is 1. The standard InChI is InChI=1S/C19H24OS/c1-14-10-16-8-9-17(20)12-19(16,11-15(14)2)13-21-18-6-4-3-5-7-18/h3-7,16H,8-13H2,1-2H3/t16-,19+/m1/s1. The smallest absolute Gasteiger partial charge is 0.133 e. The predicted octanol–water partition coefficient (Wildman–Crippen LogP) is 5.26. The van der Waals surface area contributed by atoms with E-state index in [4.69, 9.17) is 0 Å². The fraction of sp³-hybridized carbons (Fsp3) is 0.526. The first-order chi connectivity index (χ1) is 10.1. The summed E-state index contributed by atoms with van der Waals surface area (Å²) < 4.78 is 0. The zero-order valence-electron chi connectivity index (χ0n) is 13.0. The molecular weight excluding hydrogens is 276 g/mol. The van der Waals surface area contributed by atoms with Crippen molar-refractivity contribution in [1.82, 2.24) is 0 Å². The summed E-state index contributed by atoms with van der Waals surface area (Å²) >= 11 is 1.93. The molecule has 2 aliphatic carbocycles. The molecule has 1 aromatic rings. The van der Waals surface area contributed by atoms with Gasteiger partial charge in [-0.3, -0.25) is 4.79 Å². The van der Waals surface area contributed by atoms with E-state index in [9.17, 15) is 4.79 Å². The molecule has 0 heterocycles. The number of fused-ring (bicyclic) bond motifs is 1. The van der Waals surface area contributed by atoms with Crippen LogP contribution >= 0.6 is 11.8 Å². The van der Waals surface area contributed by atoms with Crippen LogP contribution in [0, 0.1) is 11.3 Å². The van der Waals surface area contributed by atoms with Crippen LogP contribution in [0.3, 0.4) is 0 Å². The van der Waals surface area contributed by atoms with E-state index in [0.717, 1.165) is 31.4 Å². The second-order valence-corrected chi connectivity index (χ2v) is 7.91. The minimum absolute atomic E-state index is 0.208. The Bertz CT molecular complexity index is 560. The van der Waals surface area contributed by atoms with Crippen LogP contribution in [0.15, 0.2) is 46.4 Å². The van der Waals surface area contributed by atoms with Crippen molar-refractivity contribution < 1.29 is 4.79 Å². The molecule has 1 fully saturated rings. The summed E-state index contributed by atoms with van der Waals surface area (Å²) in [5, 5.41) is 0. The molecule has 0 radical (unpaired) electrons. The molecule has 1 nitrogen and oxygen atoms in total. The van der Waals surface area contributed by atoms with Crippen LogP contribution in [0.4, 0.5) is 0 Å². The lowest BCUT2D eigenvalue weighted by Gasteiger charge is -2.47. The highest BCUT2D eigenvalue weighted by Gasteiger charge is 2.45. The Hall–Kier alpha value is -1.02. The predicted molar refractivity (Wildman–Crippen MR) is 89.6 cm³/mol. The maximum atomic E-state index is 12.1. The zero-order valence-corrected chi connectivity index (χ0v) is 13.8. The summed E-state index contributed by atoms with van der Waals surface area (Å²) in [5.74, 6) is 2.26. The number of carbonyl (C=O) groups excluding carboxylic acids is 1. The number of allylic oxidation sites excluding steroid dienone is 2. The quantitative estimate of drug-likeness (QED) is 0.559. The van der Waals surface area contributed by atoms with Gasteiger partial charge in [-0.2, -0.15) is 0 Å². The zero-order chi connectivity index (χ0) is 14.9. The van der Waals surface area contributed by atoms with Gasteiger partial charge in [-0.05, 0) is 56.6 Å². The third-order valence-electron chi connectivity index (χ3n) is 5.35. The van der Waals surface area contributed by atoms with Gasteiger partial charge in [0.1, 0.15) is 5.78 Å². The highest BCUT2D eigenvalue weighted by atomic mass is 32.2. The monoisotopic (exact) mass is 300 g/mol. The van der Waals surface area contributed by atoms with Crippen LogP contribution in [-0.4, -0.2) is 11.5 Å². The van der Waals surface area contributed by atoms with Gasteiger partial charge in [-0.15, -0.1) is 11.8 Å². The van der Waals surface area contributed by atoms with Crippen molar-refractivity contribution in [3.63, 3.8) is 0 Å². The molecule has 1 saturated carbocycles. The van der Waals surface area contributed by atoms with Crippen LogP contribution < -0.4 is 0 Å². The van der Waals surface area contributed by atoms with Crippen LogP contribution in [0.5, 0.6) is 0 Å². The first kappa shape index (κ1) is 14.9. The SMILES string of the molecule is CC1=C(C)C[C@@]2(CSc3ccccc3)CC(=O)CC[C@@H]2C1. The molecule has 0 saturated heterocycles. The van der Waals surface area contributed by atoms with Crippen molar-refractivity contribution in [1.29, 1.82) is 0 Å². The fourth-order valence-electron chi connectivity index (χ4n) is 3.98. The Morgan fingerprint density at radius 3 is 2.67 bits per heavy atom. The fourth-order valence-corrected chi connectivity index (χ4v) is 5.22. The van der Waals surface area contributed by atoms with Crippen LogP contribution in [0.1, 0.15) is 46.0 Å². The molecule has 0 aromatic heterocycles. The molecule has 0 N–H and O–H groups in total. The molecule has 2 atom stereocenters. The molecular formula is C19H24OS. The van der Waals surface area contributed by atoms with Gasteiger partial charge >= 0.3 is 0 Å². The van der Waals surface area contributed by atoms with Gasteiger partial charge in [0, 0.05) is 23.5 Å². The molecule has 0 unspecified atom stereocenters. The Labute approximate surface area is 132 Å². The number of hydrogen-bond acceptors (Lipinski definition) is 2. The molecule has 0 amide bonds. The number of Topliss-reactive ketones (excluding diaryl/α,β-unsaturated/α-hetero) is 1. The van der Waals surface area contributed by atoms with E-state index in [1.165, 1.54) is 16.9 Å². The number of rotatable bonds is 3. The largest absolute Gasteiger partial charge is 0.300 e. The van der Waals surface area contributed by atoms with Crippen LogP contribution in [-0.2, 0) is 4.79 Å². The lowest BCUT2D eigenvalue weighted by atomic mass is 9.59. The van der Waals surface area contributed by atoms with Gasteiger partial charge in [0.2, 0.25) is 0 Å². The minimum atomic E-state index is 0.208. The van der Waals surface area contributed by atoms with Crippen molar-refractivity contribution in [2.75, 3.05) is 5.75 Å². The lowest BCUT2D eigenvalue weighted by molar-refractivity contribution is -0.125. The van der Waals surface area contributed by atoms with Crippen molar-refractivity contribution in [3.8, 4) is 0 Å². The molecule has 0 bridgehead atoms. The number of carbonyl (C=O) groups is 1. The summed E-state index contributed by atoms with van der Waals surface area (Å²) in [6, 6.07) is 10.6. The van der Waals surface area contributed by atoms with Crippen molar-refractivity contribution in [3.05, 3.63) is 41.5 Å². The average Bonchev–Trinajstić information content (AvgIpc) is 2.48. The maximum absolute atomic E-state index is 12.1. The van der Waals surface area contributed by atoms with E-state index < -0.39 is 0 Å². The first-order valence-electron chi connectivity index (χ1n) is 7.94. The number of thioether (sulfide) groups is 1. The third kappa shape index (κ3) is 3.11. The Balaban J connectivity index is 1.81. The highest BCUT2D eigenvalue weighted by Crippen LogP contribution is 2.53. The molecule has 3 rings (SSSR count).